The van der Waals surface area contributed by atoms with E-state index < -0.39 is 9.84 Å². The summed E-state index contributed by atoms with van der Waals surface area (Å²) in [4.78, 5) is 13.4. The molecule has 1 aromatic carbocycles. The van der Waals surface area contributed by atoms with Crippen LogP contribution in [0, 0.1) is 0 Å². The lowest BCUT2D eigenvalue weighted by Gasteiger charge is -2.21. The number of nitrogens with zero attached hydrogens (tertiary/aromatic N) is 1. The first-order valence-corrected chi connectivity index (χ1v) is 8.26. The van der Waals surface area contributed by atoms with Crippen molar-refractivity contribution in [2.24, 2.45) is 0 Å². The SMILES string of the molecule is CC(C)N(C)C(=O)NCCS(=O)(=O)c1ccc(Cl)cc1. The maximum atomic E-state index is 12.0. The van der Waals surface area contributed by atoms with Crippen LogP contribution >= 0.6 is 11.6 Å². The van der Waals surface area contributed by atoms with Crippen molar-refractivity contribution >= 4 is 27.5 Å². The molecular weight excluding hydrogens is 300 g/mol. The van der Waals surface area contributed by atoms with E-state index in [2.05, 4.69) is 5.32 Å². The van der Waals surface area contributed by atoms with Crippen LogP contribution in [0.1, 0.15) is 13.8 Å². The quantitative estimate of drug-likeness (QED) is 0.904. The lowest BCUT2D eigenvalue weighted by atomic mass is 10.4. The lowest BCUT2D eigenvalue weighted by Crippen LogP contribution is -2.42. The Morgan fingerprint density at radius 1 is 1.30 bits per heavy atom. The van der Waals surface area contributed by atoms with Crippen molar-refractivity contribution in [3.05, 3.63) is 29.3 Å². The standard InChI is InChI=1S/C13H19ClN2O3S/c1-10(2)16(3)13(17)15-8-9-20(18,19)12-6-4-11(14)5-7-12/h4-7,10H,8-9H2,1-3H3,(H,15,17). The number of rotatable bonds is 5. The Balaban J connectivity index is 2.57. The number of halogens is 1. The van der Waals surface area contributed by atoms with Crippen LogP contribution in [-0.2, 0) is 9.84 Å². The van der Waals surface area contributed by atoms with Crippen LogP contribution < -0.4 is 5.32 Å². The van der Waals surface area contributed by atoms with Gasteiger partial charge in [0, 0.05) is 24.7 Å². The lowest BCUT2D eigenvalue weighted by molar-refractivity contribution is 0.198. The van der Waals surface area contributed by atoms with E-state index in [1.165, 1.54) is 29.2 Å². The smallest absolute Gasteiger partial charge is 0.317 e. The first-order chi connectivity index (χ1) is 9.24. The molecular formula is C13H19ClN2O3S. The van der Waals surface area contributed by atoms with Gasteiger partial charge in [0.05, 0.1) is 10.6 Å². The van der Waals surface area contributed by atoms with Gasteiger partial charge in [0.1, 0.15) is 0 Å². The van der Waals surface area contributed by atoms with E-state index in [0.717, 1.165) is 0 Å². The molecule has 0 aliphatic heterocycles. The van der Waals surface area contributed by atoms with Gasteiger partial charge in [0.15, 0.2) is 9.84 Å². The summed E-state index contributed by atoms with van der Waals surface area (Å²) < 4.78 is 24.0. The second-order valence-corrected chi connectivity index (χ2v) is 7.25. The maximum absolute atomic E-state index is 12.0. The molecule has 112 valence electrons. The molecule has 0 aromatic heterocycles. The summed E-state index contributed by atoms with van der Waals surface area (Å²) in [5.74, 6) is -0.147. The molecule has 2 amide bonds. The van der Waals surface area contributed by atoms with Crippen molar-refractivity contribution < 1.29 is 13.2 Å². The molecule has 0 saturated heterocycles. The molecule has 7 heteroatoms. The normalized spacial score (nSPS) is 11.4. The summed E-state index contributed by atoms with van der Waals surface area (Å²) in [5, 5.41) is 3.07. The minimum absolute atomic E-state index is 0.0582. The molecule has 0 aliphatic rings. The van der Waals surface area contributed by atoms with E-state index in [-0.39, 0.29) is 29.3 Å². The summed E-state index contributed by atoms with van der Waals surface area (Å²) in [6.45, 7) is 3.83. The predicted octanol–water partition coefficient (Wildman–Crippen LogP) is 2.16. The summed E-state index contributed by atoms with van der Waals surface area (Å²) >= 11 is 5.71. The van der Waals surface area contributed by atoms with E-state index in [4.69, 9.17) is 11.6 Å². The zero-order valence-electron chi connectivity index (χ0n) is 11.8. The first-order valence-electron chi connectivity index (χ1n) is 6.23. The third-order valence-corrected chi connectivity index (χ3v) is 4.90. The van der Waals surface area contributed by atoms with Crippen LogP contribution in [-0.4, -0.2) is 44.7 Å². The fourth-order valence-electron chi connectivity index (χ4n) is 1.41. The second kappa shape index (κ2) is 6.95. The number of sulfone groups is 1. The Labute approximate surface area is 124 Å². The minimum atomic E-state index is -3.41. The van der Waals surface area contributed by atoms with Crippen LogP contribution in [0.4, 0.5) is 4.79 Å². The van der Waals surface area contributed by atoms with Crippen molar-refractivity contribution in [1.29, 1.82) is 0 Å². The van der Waals surface area contributed by atoms with Crippen LogP contribution in [0.2, 0.25) is 5.02 Å². The highest BCUT2D eigenvalue weighted by Crippen LogP contribution is 2.15. The molecule has 0 radical (unpaired) electrons. The van der Waals surface area contributed by atoms with Crippen molar-refractivity contribution in [1.82, 2.24) is 10.2 Å². The van der Waals surface area contributed by atoms with Crippen molar-refractivity contribution in [2.75, 3.05) is 19.3 Å². The molecule has 1 N–H and O–H groups in total. The molecule has 0 saturated carbocycles. The number of benzene rings is 1. The molecule has 0 atom stereocenters. The van der Waals surface area contributed by atoms with Gasteiger partial charge in [-0.15, -0.1) is 0 Å². The molecule has 0 spiro atoms. The van der Waals surface area contributed by atoms with Gasteiger partial charge in [0.2, 0.25) is 0 Å². The molecule has 5 nitrogen and oxygen atoms in total. The molecule has 1 rings (SSSR count). The minimum Gasteiger partial charge on any atom is -0.337 e. The Bertz CT molecular complexity index is 555. The zero-order valence-corrected chi connectivity index (χ0v) is 13.3. The van der Waals surface area contributed by atoms with E-state index >= 15 is 0 Å². The summed E-state index contributed by atoms with van der Waals surface area (Å²) in [7, 11) is -1.75. The van der Waals surface area contributed by atoms with Crippen LogP contribution in [0.5, 0.6) is 0 Å². The van der Waals surface area contributed by atoms with E-state index in [0.29, 0.717) is 5.02 Å². The van der Waals surface area contributed by atoms with Gasteiger partial charge in [-0.3, -0.25) is 0 Å². The van der Waals surface area contributed by atoms with Crippen molar-refractivity contribution in [3.63, 3.8) is 0 Å². The summed E-state index contributed by atoms with van der Waals surface area (Å²) in [6, 6.07) is 5.74. The second-order valence-electron chi connectivity index (χ2n) is 4.71. The Kier molecular flexibility index (Phi) is 5.83. The monoisotopic (exact) mass is 318 g/mol. The zero-order chi connectivity index (χ0) is 15.3. The fraction of sp³-hybridized carbons (Fsp3) is 0.462. The molecule has 0 heterocycles. The van der Waals surface area contributed by atoms with E-state index in [1.807, 2.05) is 13.8 Å². The number of carbonyl (C=O) groups is 1. The molecule has 0 bridgehead atoms. The van der Waals surface area contributed by atoms with Gasteiger partial charge in [-0.25, -0.2) is 13.2 Å². The first kappa shape index (κ1) is 16.8. The Morgan fingerprint density at radius 2 is 1.85 bits per heavy atom. The maximum Gasteiger partial charge on any atom is 0.317 e. The average molecular weight is 319 g/mol. The largest absolute Gasteiger partial charge is 0.337 e. The molecule has 20 heavy (non-hydrogen) atoms. The third kappa shape index (κ3) is 4.68. The van der Waals surface area contributed by atoms with Gasteiger partial charge in [-0.1, -0.05) is 11.6 Å². The fourth-order valence-corrected chi connectivity index (χ4v) is 2.69. The van der Waals surface area contributed by atoms with Crippen LogP contribution in [0.25, 0.3) is 0 Å². The molecule has 0 fully saturated rings. The molecule has 1 aromatic rings. The third-order valence-electron chi connectivity index (χ3n) is 2.91. The van der Waals surface area contributed by atoms with Crippen molar-refractivity contribution in [3.8, 4) is 0 Å². The predicted molar refractivity (Wildman–Crippen MR) is 79.8 cm³/mol. The van der Waals surface area contributed by atoms with Gasteiger partial charge in [-0.2, -0.15) is 0 Å². The van der Waals surface area contributed by atoms with Crippen LogP contribution in [0.15, 0.2) is 29.2 Å². The van der Waals surface area contributed by atoms with E-state index in [1.54, 1.807) is 7.05 Å². The topological polar surface area (TPSA) is 66.5 Å². The molecule has 0 aliphatic carbocycles. The number of nitrogens with one attached hydrogen (secondary N) is 1. The Morgan fingerprint density at radius 3 is 2.35 bits per heavy atom. The number of carbonyl (C=O) groups excluding carboxylic acids is 1. The van der Waals surface area contributed by atoms with Gasteiger partial charge in [-0.05, 0) is 38.1 Å². The average Bonchev–Trinajstić information content (AvgIpc) is 2.37. The highest BCUT2D eigenvalue weighted by Gasteiger charge is 2.16. The number of amides is 2. The number of hydrogen-bond donors (Lipinski definition) is 1. The summed E-state index contributed by atoms with van der Waals surface area (Å²) in [6.07, 6.45) is 0. The Hall–Kier alpha value is -1.27. The van der Waals surface area contributed by atoms with Crippen LogP contribution in [0.3, 0.4) is 0 Å². The molecule has 0 unspecified atom stereocenters. The van der Waals surface area contributed by atoms with E-state index in [9.17, 15) is 13.2 Å². The summed E-state index contributed by atoms with van der Waals surface area (Å²) in [5.41, 5.74) is 0. The van der Waals surface area contributed by atoms with Gasteiger partial charge >= 0.3 is 6.03 Å². The highest BCUT2D eigenvalue weighted by molar-refractivity contribution is 7.91. The number of urea groups is 1. The van der Waals surface area contributed by atoms with Gasteiger partial charge < -0.3 is 10.2 Å². The number of hydrogen-bond acceptors (Lipinski definition) is 3. The van der Waals surface area contributed by atoms with Gasteiger partial charge in [0.25, 0.3) is 0 Å². The highest BCUT2D eigenvalue weighted by atomic mass is 35.5. The van der Waals surface area contributed by atoms with Crippen molar-refractivity contribution in [2.45, 2.75) is 24.8 Å².